The maximum absolute atomic E-state index is 11.9. The lowest BCUT2D eigenvalue weighted by Crippen LogP contribution is -2.46. The van der Waals surface area contributed by atoms with Crippen LogP contribution >= 0.6 is 0 Å². The summed E-state index contributed by atoms with van der Waals surface area (Å²) in [6.07, 6.45) is 0.438. The van der Waals surface area contributed by atoms with Crippen molar-refractivity contribution in [3.05, 3.63) is 0 Å². The molecule has 0 saturated carbocycles. The topological polar surface area (TPSA) is 99.6 Å². The third kappa shape index (κ3) is 4.66. The van der Waals surface area contributed by atoms with Crippen LogP contribution in [0, 0.1) is 16.7 Å². The summed E-state index contributed by atoms with van der Waals surface area (Å²) in [7, 11) is 0. The van der Waals surface area contributed by atoms with Crippen LogP contribution in [0.4, 0.5) is 4.79 Å². The fourth-order valence-corrected chi connectivity index (χ4v) is 2.34. The van der Waals surface area contributed by atoms with Crippen molar-refractivity contribution in [1.82, 2.24) is 4.90 Å². The summed E-state index contributed by atoms with van der Waals surface area (Å²) in [4.78, 5) is 13.6. The maximum atomic E-state index is 11.9. The number of nitrogens with two attached hydrogens (primary N) is 1. The summed E-state index contributed by atoms with van der Waals surface area (Å²) in [6.45, 7) is 6.57. The molecule has 20 heavy (non-hydrogen) atoms. The molecule has 3 N–H and O–H groups in total. The number of hydrogen-bond acceptors (Lipinski definition) is 5. The minimum Gasteiger partial charge on any atom is -0.444 e. The SMILES string of the molecule is CC(C)(C)OC(=O)N1CCC(C#N)(C[C@@H](O)CN)CC1. The number of likely N-dealkylation sites (tertiary alicyclic amines) is 1. The van der Waals surface area contributed by atoms with Gasteiger partial charge in [0.25, 0.3) is 0 Å². The molecule has 0 unspecified atom stereocenters. The molecule has 0 aromatic rings. The first kappa shape index (κ1) is 16.7. The molecular formula is C14H25N3O3. The Labute approximate surface area is 120 Å². The molecule has 6 heteroatoms. The number of aliphatic hydroxyl groups excluding tert-OH is 1. The third-order valence-electron chi connectivity index (χ3n) is 3.51. The number of hydrogen-bond donors (Lipinski definition) is 2. The quantitative estimate of drug-likeness (QED) is 0.811. The number of nitrogens with zero attached hydrogens (tertiary/aromatic N) is 2. The smallest absolute Gasteiger partial charge is 0.410 e. The Morgan fingerprint density at radius 1 is 1.50 bits per heavy atom. The number of ether oxygens (including phenoxy) is 1. The Kier molecular flexibility index (Phi) is 5.37. The predicted octanol–water partition coefficient (Wildman–Crippen LogP) is 1.24. The minimum absolute atomic E-state index is 0.152. The van der Waals surface area contributed by atoms with Gasteiger partial charge in [0.05, 0.1) is 17.6 Å². The molecule has 1 aliphatic rings. The predicted molar refractivity (Wildman–Crippen MR) is 74.8 cm³/mol. The van der Waals surface area contributed by atoms with E-state index in [9.17, 15) is 15.2 Å². The molecule has 1 saturated heterocycles. The fourth-order valence-electron chi connectivity index (χ4n) is 2.34. The highest BCUT2D eigenvalue weighted by molar-refractivity contribution is 5.68. The van der Waals surface area contributed by atoms with Gasteiger partial charge in [0.15, 0.2) is 0 Å². The fraction of sp³-hybridized carbons (Fsp3) is 0.857. The van der Waals surface area contributed by atoms with E-state index in [-0.39, 0.29) is 12.6 Å². The van der Waals surface area contributed by atoms with Crippen LogP contribution in [0.5, 0.6) is 0 Å². The van der Waals surface area contributed by atoms with Gasteiger partial charge < -0.3 is 20.5 Å². The number of piperidine rings is 1. The Morgan fingerprint density at radius 3 is 2.45 bits per heavy atom. The van der Waals surface area contributed by atoms with Crippen molar-refractivity contribution in [2.24, 2.45) is 11.1 Å². The average molecular weight is 283 g/mol. The summed E-state index contributed by atoms with van der Waals surface area (Å²) < 4.78 is 5.32. The van der Waals surface area contributed by atoms with Crippen LogP contribution in [-0.2, 0) is 4.74 Å². The van der Waals surface area contributed by atoms with Crippen LogP contribution in [0.1, 0.15) is 40.0 Å². The number of nitriles is 1. The van der Waals surface area contributed by atoms with Gasteiger partial charge in [0, 0.05) is 19.6 Å². The molecule has 0 aromatic carbocycles. The van der Waals surface area contributed by atoms with Gasteiger partial charge in [-0.05, 0) is 40.0 Å². The number of amides is 1. The minimum atomic E-state index is -0.664. The zero-order valence-electron chi connectivity index (χ0n) is 12.6. The zero-order chi connectivity index (χ0) is 15.4. The molecule has 0 spiro atoms. The summed E-state index contributed by atoms with van der Waals surface area (Å²) in [5.41, 5.74) is 4.30. The van der Waals surface area contributed by atoms with Gasteiger partial charge in [-0.25, -0.2) is 4.79 Å². The van der Waals surface area contributed by atoms with Gasteiger partial charge >= 0.3 is 6.09 Å². The normalized spacial score (nSPS) is 20.1. The van der Waals surface area contributed by atoms with Crippen molar-refractivity contribution in [2.45, 2.75) is 51.7 Å². The van der Waals surface area contributed by atoms with Gasteiger partial charge in [0.1, 0.15) is 5.60 Å². The molecule has 1 aliphatic heterocycles. The summed E-state index contributed by atoms with van der Waals surface area (Å²) in [5, 5.41) is 19.0. The largest absolute Gasteiger partial charge is 0.444 e. The van der Waals surface area contributed by atoms with E-state index in [4.69, 9.17) is 10.5 Å². The first-order valence-electron chi connectivity index (χ1n) is 6.99. The van der Waals surface area contributed by atoms with E-state index < -0.39 is 17.1 Å². The second-order valence-electron chi connectivity index (χ2n) is 6.45. The zero-order valence-corrected chi connectivity index (χ0v) is 12.6. The van der Waals surface area contributed by atoms with Crippen LogP contribution in [0.2, 0.25) is 0 Å². The van der Waals surface area contributed by atoms with E-state index in [0.29, 0.717) is 32.4 Å². The summed E-state index contributed by atoms with van der Waals surface area (Å²) in [6, 6.07) is 2.30. The number of rotatable bonds is 3. The lowest BCUT2D eigenvalue weighted by molar-refractivity contribution is 0.0105. The molecule has 0 radical (unpaired) electrons. The molecule has 1 fully saturated rings. The molecule has 0 bridgehead atoms. The average Bonchev–Trinajstić information content (AvgIpc) is 2.37. The molecule has 0 aliphatic carbocycles. The maximum Gasteiger partial charge on any atom is 0.410 e. The number of carbonyl (C=O) groups excluding carboxylic acids is 1. The number of aliphatic hydroxyl groups is 1. The Balaban J connectivity index is 2.57. The first-order chi connectivity index (χ1) is 9.21. The molecule has 0 aromatic heterocycles. The second-order valence-corrected chi connectivity index (χ2v) is 6.45. The van der Waals surface area contributed by atoms with Crippen molar-refractivity contribution in [3.63, 3.8) is 0 Å². The van der Waals surface area contributed by atoms with Gasteiger partial charge in [-0.15, -0.1) is 0 Å². The Bertz CT molecular complexity index is 376. The highest BCUT2D eigenvalue weighted by Crippen LogP contribution is 2.35. The van der Waals surface area contributed by atoms with Crippen molar-refractivity contribution in [1.29, 1.82) is 5.26 Å². The molecular weight excluding hydrogens is 258 g/mol. The molecule has 1 atom stereocenters. The second kappa shape index (κ2) is 6.42. The van der Waals surface area contributed by atoms with Crippen molar-refractivity contribution >= 4 is 6.09 Å². The van der Waals surface area contributed by atoms with Crippen molar-refractivity contribution in [3.8, 4) is 6.07 Å². The molecule has 114 valence electrons. The van der Waals surface area contributed by atoms with E-state index in [1.165, 1.54) is 0 Å². The van der Waals surface area contributed by atoms with E-state index in [0.717, 1.165) is 0 Å². The Morgan fingerprint density at radius 2 is 2.05 bits per heavy atom. The summed E-state index contributed by atoms with van der Waals surface area (Å²) in [5.74, 6) is 0. The van der Waals surface area contributed by atoms with Gasteiger partial charge in [-0.2, -0.15) is 5.26 Å². The van der Waals surface area contributed by atoms with Crippen LogP contribution < -0.4 is 5.73 Å². The first-order valence-corrected chi connectivity index (χ1v) is 6.99. The molecule has 1 rings (SSSR count). The standard InChI is InChI=1S/C14H25N3O3/c1-13(2,3)20-12(19)17-6-4-14(10-16,5-7-17)8-11(18)9-15/h11,18H,4-9,15H2,1-3H3/t11-/m1/s1. The number of carbonyl (C=O) groups is 1. The monoisotopic (exact) mass is 283 g/mol. The van der Waals surface area contributed by atoms with E-state index in [1.807, 2.05) is 20.8 Å². The lowest BCUT2D eigenvalue weighted by Gasteiger charge is -2.38. The van der Waals surface area contributed by atoms with Crippen molar-refractivity contribution < 1.29 is 14.6 Å². The van der Waals surface area contributed by atoms with Crippen LogP contribution in [-0.4, -0.2) is 47.4 Å². The van der Waals surface area contributed by atoms with Gasteiger partial charge in [-0.3, -0.25) is 0 Å². The third-order valence-corrected chi connectivity index (χ3v) is 3.51. The van der Waals surface area contributed by atoms with Crippen LogP contribution in [0.3, 0.4) is 0 Å². The van der Waals surface area contributed by atoms with E-state index in [2.05, 4.69) is 6.07 Å². The van der Waals surface area contributed by atoms with Crippen LogP contribution in [0.25, 0.3) is 0 Å². The lowest BCUT2D eigenvalue weighted by atomic mass is 9.75. The summed E-state index contributed by atoms with van der Waals surface area (Å²) >= 11 is 0. The Hall–Kier alpha value is -1.32. The van der Waals surface area contributed by atoms with Gasteiger partial charge in [0.2, 0.25) is 0 Å². The van der Waals surface area contributed by atoms with Crippen LogP contribution in [0.15, 0.2) is 0 Å². The van der Waals surface area contributed by atoms with Crippen molar-refractivity contribution in [2.75, 3.05) is 19.6 Å². The van der Waals surface area contributed by atoms with E-state index >= 15 is 0 Å². The highest BCUT2D eigenvalue weighted by atomic mass is 16.6. The molecule has 6 nitrogen and oxygen atoms in total. The van der Waals surface area contributed by atoms with Gasteiger partial charge in [-0.1, -0.05) is 0 Å². The molecule has 1 amide bonds. The van der Waals surface area contributed by atoms with E-state index in [1.54, 1.807) is 4.90 Å². The highest BCUT2D eigenvalue weighted by Gasteiger charge is 2.38. The molecule has 1 heterocycles.